The van der Waals surface area contributed by atoms with Crippen LogP contribution < -0.4 is 19.5 Å². The van der Waals surface area contributed by atoms with E-state index in [0.29, 0.717) is 36.6 Å². The molecule has 3 atom stereocenters. The Morgan fingerprint density at radius 2 is 1.87 bits per heavy atom. The fraction of sp³-hybridized carbons (Fsp3) is 0.389. The average molecular weight is 627 g/mol. The second-order valence-corrected chi connectivity index (χ2v) is 12.6. The minimum absolute atomic E-state index is 0.0248. The van der Waals surface area contributed by atoms with E-state index in [1.807, 2.05) is 92.4 Å². The van der Waals surface area contributed by atoms with Crippen LogP contribution in [0.2, 0.25) is 0 Å². The van der Waals surface area contributed by atoms with Crippen molar-refractivity contribution in [2.45, 2.75) is 45.4 Å². The number of rotatable bonds is 9. The third-order valence-electron chi connectivity index (χ3n) is 8.91. The number of carbonyl (C=O) groups is 2. The van der Waals surface area contributed by atoms with E-state index in [4.69, 9.17) is 14.2 Å². The topological polar surface area (TPSA) is 106 Å². The van der Waals surface area contributed by atoms with E-state index in [2.05, 4.69) is 17.1 Å². The van der Waals surface area contributed by atoms with E-state index in [-0.39, 0.29) is 56.1 Å². The normalized spacial score (nSPS) is 18.5. The number of amides is 2. The van der Waals surface area contributed by atoms with Gasteiger partial charge in [0.1, 0.15) is 11.9 Å². The van der Waals surface area contributed by atoms with Gasteiger partial charge in [-0.05, 0) is 61.5 Å². The number of likely N-dealkylation sites (N-methyl/N-ethyl adjacent to an activating group) is 1. The molecular formula is C36H42N4O6. The van der Waals surface area contributed by atoms with Gasteiger partial charge in [0.25, 0.3) is 0 Å². The Hall–Kier alpha value is -4.54. The minimum atomic E-state index is -0.341. The van der Waals surface area contributed by atoms with Gasteiger partial charge in [-0.2, -0.15) is 0 Å². The number of ether oxygens (including phenoxy) is 3. The molecule has 4 aromatic rings. The third-order valence-corrected chi connectivity index (χ3v) is 8.91. The average Bonchev–Trinajstić information content (AvgIpc) is 3.64. The zero-order valence-corrected chi connectivity index (χ0v) is 26.9. The van der Waals surface area contributed by atoms with Crippen LogP contribution in [0.15, 0.2) is 66.9 Å². The smallest absolute Gasteiger partial charge is 0.231 e. The molecule has 46 heavy (non-hydrogen) atoms. The van der Waals surface area contributed by atoms with Crippen molar-refractivity contribution in [2.75, 3.05) is 38.9 Å². The molecule has 3 aromatic carbocycles. The highest BCUT2D eigenvalue weighted by Crippen LogP contribution is 2.33. The van der Waals surface area contributed by atoms with Gasteiger partial charge < -0.3 is 34.1 Å². The summed E-state index contributed by atoms with van der Waals surface area (Å²) in [5.74, 6) is 1.86. The number of anilines is 1. The first-order valence-corrected chi connectivity index (χ1v) is 15.8. The molecule has 0 saturated carbocycles. The van der Waals surface area contributed by atoms with Gasteiger partial charge in [-0.25, -0.2) is 0 Å². The van der Waals surface area contributed by atoms with Gasteiger partial charge >= 0.3 is 0 Å². The molecule has 10 heteroatoms. The number of carbonyl (C=O) groups excluding carboxylic acids is 2. The molecule has 0 aliphatic carbocycles. The zero-order valence-electron chi connectivity index (χ0n) is 26.9. The maximum absolute atomic E-state index is 13.6. The first-order chi connectivity index (χ1) is 22.2. The van der Waals surface area contributed by atoms with Gasteiger partial charge in [-0.3, -0.25) is 14.5 Å². The van der Waals surface area contributed by atoms with Crippen LogP contribution >= 0.6 is 0 Å². The van der Waals surface area contributed by atoms with E-state index >= 15 is 0 Å². The molecule has 2 aliphatic heterocycles. The lowest BCUT2D eigenvalue weighted by Gasteiger charge is -2.34. The first kappa shape index (κ1) is 31.4. The highest BCUT2D eigenvalue weighted by atomic mass is 16.7. The standard InChI is InChI=1S/C36H42N4O6/c1-23-17-40(24(2)21-41)36(43)16-26-14-28(37-35(42)15-27-19-39(4)30-8-6-5-7-29(27)30)10-12-31(26)46-34(23)20-38(3)18-25-9-11-32-33(13-25)45-22-44-32/h5-14,19,23-24,34,41H,15-18,20-22H2,1-4H3,(H,37,42)/t23-,24-,34+/m0/s1. The molecule has 0 saturated heterocycles. The molecule has 10 nitrogen and oxygen atoms in total. The van der Waals surface area contributed by atoms with Crippen molar-refractivity contribution < 1.29 is 28.9 Å². The molecule has 242 valence electrons. The molecule has 0 spiro atoms. The van der Waals surface area contributed by atoms with E-state index < -0.39 is 0 Å². The first-order valence-electron chi connectivity index (χ1n) is 15.8. The summed E-state index contributed by atoms with van der Waals surface area (Å²) in [5.41, 5.74) is 4.42. The van der Waals surface area contributed by atoms with Crippen molar-refractivity contribution >= 4 is 28.4 Å². The summed E-state index contributed by atoms with van der Waals surface area (Å²) < 4.78 is 19.7. The Morgan fingerprint density at radius 1 is 1.09 bits per heavy atom. The van der Waals surface area contributed by atoms with Crippen molar-refractivity contribution in [1.82, 2.24) is 14.4 Å². The quantitative estimate of drug-likeness (QED) is 0.284. The van der Waals surface area contributed by atoms with Crippen LogP contribution in [0.3, 0.4) is 0 Å². The second kappa shape index (κ2) is 13.4. The molecule has 0 bridgehead atoms. The predicted molar refractivity (Wildman–Crippen MR) is 176 cm³/mol. The van der Waals surface area contributed by atoms with Crippen molar-refractivity contribution in [3.8, 4) is 17.2 Å². The SMILES string of the molecule is C[C@H]1CN([C@@H](C)CO)C(=O)Cc2cc(NC(=O)Cc3cn(C)c4ccccc34)ccc2O[C@@H]1CN(C)Cc1ccc2c(c1)OCO2. The fourth-order valence-corrected chi connectivity index (χ4v) is 6.39. The Bertz CT molecular complexity index is 1730. The number of benzene rings is 3. The molecule has 2 aliphatic rings. The van der Waals surface area contributed by atoms with Crippen LogP contribution in [0.4, 0.5) is 5.69 Å². The van der Waals surface area contributed by atoms with Crippen molar-refractivity contribution in [1.29, 1.82) is 0 Å². The molecule has 0 fully saturated rings. The summed E-state index contributed by atoms with van der Waals surface area (Å²) >= 11 is 0. The number of hydrogen-bond acceptors (Lipinski definition) is 7. The van der Waals surface area contributed by atoms with Gasteiger partial charge in [0.15, 0.2) is 11.5 Å². The number of aromatic nitrogens is 1. The third kappa shape index (κ3) is 6.83. The van der Waals surface area contributed by atoms with Crippen LogP contribution in [-0.4, -0.2) is 77.0 Å². The number of aliphatic hydroxyl groups is 1. The second-order valence-electron chi connectivity index (χ2n) is 12.6. The number of hydrogen-bond donors (Lipinski definition) is 2. The predicted octanol–water partition coefficient (Wildman–Crippen LogP) is 4.37. The summed E-state index contributed by atoms with van der Waals surface area (Å²) in [6.45, 7) is 5.77. The summed E-state index contributed by atoms with van der Waals surface area (Å²) in [4.78, 5) is 30.8. The molecular weight excluding hydrogens is 584 g/mol. The Labute approximate surface area is 269 Å². The van der Waals surface area contributed by atoms with E-state index in [9.17, 15) is 14.7 Å². The van der Waals surface area contributed by atoms with E-state index in [1.165, 1.54) is 0 Å². The van der Waals surface area contributed by atoms with Crippen molar-refractivity contribution in [3.05, 3.63) is 83.6 Å². The van der Waals surface area contributed by atoms with Gasteiger partial charge in [0.05, 0.1) is 25.5 Å². The van der Waals surface area contributed by atoms with Crippen LogP contribution in [0.1, 0.15) is 30.5 Å². The lowest BCUT2D eigenvalue weighted by molar-refractivity contribution is -0.134. The molecule has 2 amide bonds. The number of para-hydroxylation sites is 1. The Morgan fingerprint density at radius 3 is 2.70 bits per heavy atom. The summed E-state index contributed by atoms with van der Waals surface area (Å²) in [7, 11) is 4.02. The van der Waals surface area contributed by atoms with E-state index in [1.54, 1.807) is 4.90 Å². The van der Waals surface area contributed by atoms with Crippen LogP contribution in [-0.2, 0) is 36.0 Å². The highest BCUT2D eigenvalue weighted by Gasteiger charge is 2.31. The largest absolute Gasteiger partial charge is 0.488 e. The van der Waals surface area contributed by atoms with Gasteiger partial charge in [-0.1, -0.05) is 31.2 Å². The van der Waals surface area contributed by atoms with Gasteiger partial charge in [-0.15, -0.1) is 0 Å². The Kier molecular flexibility index (Phi) is 9.19. The highest BCUT2D eigenvalue weighted by molar-refractivity contribution is 5.96. The van der Waals surface area contributed by atoms with Crippen molar-refractivity contribution in [3.63, 3.8) is 0 Å². The zero-order chi connectivity index (χ0) is 32.4. The monoisotopic (exact) mass is 626 g/mol. The molecule has 0 radical (unpaired) electrons. The Balaban J connectivity index is 1.21. The number of nitrogens with zero attached hydrogens (tertiary/aromatic N) is 3. The maximum atomic E-state index is 13.6. The summed E-state index contributed by atoms with van der Waals surface area (Å²) in [6.07, 6.45) is 2.07. The summed E-state index contributed by atoms with van der Waals surface area (Å²) in [6, 6.07) is 19.2. The van der Waals surface area contributed by atoms with Gasteiger partial charge in [0, 0.05) is 61.0 Å². The minimum Gasteiger partial charge on any atom is -0.488 e. The molecule has 3 heterocycles. The molecule has 6 rings (SSSR count). The van der Waals surface area contributed by atoms with Crippen LogP contribution in [0.5, 0.6) is 17.2 Å². The van der Waals surface area contributed by atoms with Crippen LogP contribution in [0.25, 0.3) is 10.9 Å². The number of aliphatic hydroxyl groups excluding tert-OH is 1. The maximum Gasteiger partial charge on any atom is 0.231 e. The van der Waals surface area contributed by atoms with Crippen LogP contribution in [0, 0.1) is 5.92 Å². The molecule has 0 unspecified atom stereocenters. The molecule has 1 aromatic heterocycles. The van der Waals surface area contributed by atoms with Crippen molar-refractivity contribution in [2.24, 2.45) is 13.0 Å². The fourth-order valence-electron chi connectivity index (χ4n) is 6.39. The number of aryl methyl sites for hydroxylation is 1. The lowest BCUT2D eigenvalue weighted by atomic mass is 10.0. The number of nitrogens with one attached hydrogen (secondary N) is 1. The lowest BCUT2D eigenvalue weighted by Crippen LogP contribution is -2.47. The number of fused-ring (bicyclic) bond motifs is 3. The summed E-state index contributed by atoms with van der Waals surface area (Å²) in [5, 5.41) is 14.1. The van der Waals surface area contributed by atoms with E-state index in [0.717, 1.165) is 33.5 Å². The van der Waals surface area contributed by atoms with Gasteiger partial charge in [0.2, 0.25) is 18.6 Å². The molecule has 2 N–H and O–H groups in total.